The zero-order valence-electron chi connectivity index (χ0n) is 10.9. The van der Waals surface area contributed by atoms with E-state index in [1.165, 1.54) is 12.3 Å². The van der Waals surface area contributed by atoms with Gasteiger partial charge in [-0.25, -0.2) is 0 Å². The monoisotopic (exact) mass is 299 g/mol. The molecule has 8 heteroatoms. The Kier molecular flexibility index (Phi) is 4.25. The molecule has 1 aromatic heterocycles. The van der Waals surface area contributed by atoms with Crippen LogP contribution in [0.3, 0.4) is 0 Å². The van der Waals surface area contributed by atoms with Crippen LogP contribution in [-0.4, -0.2) is 22.6 Å². The first kappa shape index (κ1) is 15.0. The molecule has 21 heavy (non-hydrogen) atoms. The molecule has 0 aliphatic heterocycles. The highest BCUT2D eigenvalue weighted by molar-refractivity contribution is 5.94. The summed E-state index contributed by atoms with van der Waals surface area (Å²) in [5.74, 6) is 0. The van der Waals surface area contributed by atoms with Crippen molar-refractivity contribution in [1.82, 2.24) is 4.98 Å². The van der Waals surface area contributed by atoms with Gasteiger partial charge in [-0.1, -0.05) is 0 Å². The van der Waals surface area contributed by atoms with E-state index in [1.807, 2.05) is 0 Å². The first-order valence-corrected chi connectivity index (χ1v) is 6.21. The topological polar surface area (TPSA) is 68.1 Å². The molecule has 0 bridgehead atoms. The Morgan fingerprint density at radius 2 is 2.05 bits per heavy atom. The number of rotatable bonds is 5. The smallest absolute Gasteiger partial charge is 0.379 e. The van der Waals surface area contributed by atoms with Gasteiger partial charge >= 0.3 is 11.9 Å². The maximum absolute atomic E-state index is 12.1. The number of nitrogens with one attached hydrogen (secondary N) is 1. The van der Waals surface area contributed by atoms with Gasteiger partial charge in [0, 0.05) is 19.2 Å². The quantitative estimate of drug-likeness (QED) is 0.516. The lowest BCUT2D eigenvalue weighted by Gasteiger charge is -2.10. The summed E-state index contributed by atoms with van der Waals surface area (Å²) in [7, 11) is 0. The summed E-state index contributed by atoms with van der Waals surface area (Å²) in [6, 6.07) is 6.18. The molecule has 0 spiro atoms. The van der Waals surface area contributed by atoms with Crippen molar-refractivity contribution in [3.63, 3.8) is 0 Å². The van der Waals surface area contributed by atoms with Gasteiger partial charge in [-0.2, -0.15) is 13.2 Å². The maximum atomic E-state index is 12.1. The standard InChI is InChI=1S/C13H12F3N3O2/c14-13(15,16)6-2-8-18-11-5-4-10-9(3-1-7-17-10)12(11)19(20)21/h1,3-5,7,18H,2,6,8H2. The number of halogens is 3. The van der Waals surface area contributed by atoms with E-state index in [9.17, 15) is 23.3 Å². The predicted octanol–water partition coefficient (Wildman–Crippen LogP) is 3.90. The zero-order chi connectivity index (χ0) is 15.5. The van der Waals surface area contributed by atoms with E-state index in [0.29, 0.717) is 10.9 Å². The van der Waals surface area contributed by atoms with E-state index in [1.54, 1.807) is 18.2 Å². The molecule has 2 rings (SSSR count). The summed E-state index contributed by atoms with van der Waals surface area (Å²) >= 11 is 0. The maximum Gasteiger partial charge on any atom is 0.389 e. The van der Waals surface area contributed by atoms with Gasteiger partial charge in [0.2, 0.25) is 0 Å². The Morgan fingerprint density at radius 3 is 2.71 bits per heavy atom. The molecule has 0 saturated carbocycles. The number of pyridine rings is 1. The number of aromatic nitrogens is 1. The van der Waals surface area contributed by atoms with Crippen molar-refractivity contribution in [2.45, 2.75) is 19.0 Å². The van der Waals surface area contributed by atoms with Crippen molar-refractivity contribution in [2.24, 2.45) is 0 Å². The predicted molar refractivity (Wildman–Crippen MR) is 72.2 cm³/mol. The molecular formula is C13H12F3N3O2. The van der Waals surface area contributed by atoms with Gasteiger partial charge in [0.05, 0.1) is 15.8 Å². The molecule has 0 fully saturated rings. The fourth-order valence-corrected chi connectivity index (χ4v) is 1.99. The van der Waals surface area contributed by atoms with Gasteiger partial charge < -0.3 is 5.32 Å². The van der Waals surface area contributed by atoms with Crippen molar-refractivity contribution < 1.29 is 18.1 Å². The van der Waals surface area contributed by atoms with Crippen molar-refractivity contribution in [2.75, 3.05) is 11.9 Å². The Labute approximate surface area is 117 Å². The van der Waals surface area contributed by atoms with E-state index in [-0.39, 0.29) is 24.3 Å². The number of benzene rings is 1. The van der Waals surface area contributed by atoms with Crippen LogP contribution < -0.4 is 5.32 Å². The fraction of sp³-hybridized carbons (Fsp3) is 0.308. The molecule has 0 radical (unpaired) electrons. The van der Waals surface area contributed by atoms with Crippen molar-refractivity contribution >= 4 is 22.3 Å². The highest BCUT2D eigenvalue weighted by Crippen LogP contribution is 2.32. The summed E-state index contributed by atoms with van der Waals surface area (Å²) in [6.45, 7) is 0.00607. The van der Waals surface area contributed by atoms with E-state index in [2.05, 4.69) is 10.3 Å². The summed E-state index contributed by atoms with van der Waals surface area (Å²) in [5, 5.41) is 14.2. The number of anilines is 1. The molecule has 0 atom stereocenters. The molecule has 112 valence electrons. The molecule has 0 aliphatic carbocycles. The summed E-state index contributed by atoms with van der Waals surface area (Å²) in [4.78, 5) is 14.6. The molecule has 2 aromatic rings. The molecule has 5 nitrogen and oxygen atoms in total. The van der Waals surface area contributed by atoms with Gasteiger partial charge in [0.1, 0.15) is 5.69 Å². The summed E-state index contributed by atoms with van der Waals surface area (Å²) < 4.78 is 36.2. The van der Waals surface area contributed by atoms with Crippen LogP contribution in [0.1, 0.15) is 12.8 Å². The first-order chi connectivity index (χ1) is 9.88. The van der Waals surface area contributed by atoms with Crippen LogP contribution in [0.15, 0.2) is 30.5 Å². The van der Waals surface area contributed by atoms with Crippen LogP contribution in [0.2, 0.25) is 0 Å². The highest BCUT2D eigenvalue weighted by Gasteiger charge is 2.26. The van der Waals surface area contributed by atoms with Gasteiger partial charge in [0.15, 0.2) is 0 Å². The molecular weight excluding hydrogens is 287 g/mol. The highest BCUT2D eigenvalue weighted by atomic mass is 19.4. The average molecular weight is 299 g/mol. The lowest BCUT2D eigenvalue weighted by atomic mass is 10.1. The van der Waals surface area contributed by atoms with E-state index in [0.717, 1.165) is 0 Å². The number of nitro benzene ring substituents is 1. The van der Waals surface area contributed by atoms with Crippen LogP contribution >= 0.6 is 0 Å². The number of fused-ring (bicyclic) bond motifs is 1. The van der Waals surface area contributed by atoms with E-state index < -0.39 is 17.5 Å². The number of nitrogens with zero attached hydrogens (tertiary/aromatic N) is 2. The minimum absolute atomic E-state index is 0.00607. The Bertz CT molecular complexity index is 659. The lowest BCUT2D eigenvalue weighted by Crippen LogP contribution is -2.11. The third kappa shape index (κ3) is 3.80. The van der Waals surface area contributed by atoms with Gasteiger partial charge in [-0.15, -0.1) is 0 Å². The molecule has 1 N–H and O–H groups in total. The average Bonchev–Trinajstić information content (AvgIpc) is 2.41. The largest absolute Gasteiger partial charge is 0.389 e. The second kappa shape index (κ2) is 5.94. The van der Waals surface area contributed by atoms with Gasteiger partial charge in [-0.3, -0.25) is 15.1 Å². The van der Waals surface area contributed by atoms with Crippen LogP contribution in [-0.2, 0) is 0 Å². The Hall–Kier alpha value is -2.38. The molecule has 1 heterocycles. The Balaban J connectivity index is 2.20. The van der Waals surface area contributed by atoms with E-state index >= 15 is 0 Å². The first-order valence-electron chi connectivity index (χ1n) is 6.21. The second-order valence-electron chi connectivity index (χ2n) is 4.43. The third-order valence-corrected chi connectivity index (χ3v) is 2.89. The number of hydrogen-bond acceptors (Lipinski definition) is 4. The molecule has 0 saturated heterocycles. The zero-order valence-corrected chi connectivity index (χ0v) is 10.9. The normalized spacial score (nSPS) is 11.6. The fourth-order valence-electron chi connectivity index (χ4n) is 1.99. The SMILES string of the molecule is O=[N+]([O-])c1c(NCCCC(F)(F)F)ccc2ncccc12. The minimum Gasteiger partial charge on any atom is -0.379 e. The lowest BCUT2D eigenvalue weighted by molar-refractivity contribution is -0.382. The summed E-state index contributed by atoms with van der Waals surface area (Å²) in [6.07, 6.45) is -3.78. The molecule has 0 unspecified atom stereocenters. The van der Waals surface area contributed by atoms with Crippen LogP contribution in [0.4, 0.5) is 24.5 Å². The number of hydrogen-bond donors (Lipinski definition) is 1. The number of nitro groups is 1. The van der Waals surface area contributed by atoms with Crippen molar-refractivity contribution in [1.29, 1.82) is 0 Å². The van der Waals surface area contributed by atoms with Crippen molar-refractivity contribution in [3.8, 4) is 0 Å². The second-order valence-corrected chi connectivity index (χ2v) is 4.43. The molecule has 0 amide bonds. The third-order valence-electron chi connectivity index (χ3n) is 2.89. The minimum atomic E-state index is -4.22. The summed E-state index contributed by atoms with van der Waals surface area (Å²) in [5.41, 5.74) is 0.486. The molecule has 1 aromatic carbocycles. The van der Waals surface area contributed by atoms with Crippen LogP contribution in [0.5, 0.6) is 0 Å². The van der Waals surface area contributed by atoms with Gasteiger partial charge in [-0.05, 0) is 30.7 Å². The van der Waals surface area contributed by atoms with Crippen LogP contribution in [0.25, 0.3) is 10.9 Å². The van der Waals surface area contributed by atoms with E-state index in [4.69, 9.17) is 0 Å². The van der Waals surface area contributed by atoms with Crippen LogP contribution in [0, 0.1) is 10.1 Å². The molecule has 0 aliphatic rings. The number of alkyl halides is 3. The van der Waals surface area contributed by atoms with Gasteiger partial charge in [0.25, 0.3) is 0 Å². The Morgan fingerprint density at radius 1 is 1.29 bits per heavy atom. The van der Waals surface area contributed by atoms with Crippen molar-refractivity contribution in [3.05, 3.63) is 40.6 Å².